The van der Waals surface area contributed by atoms with E-state index in [2.05, 4.69) is 5.32 Å². The van der Waals surface area contributed by atoms with Crippen molar-refractivity contribution >= 4 is 28.8 Å². The van der Waals surface area contributed by atoms with Crippen LogP contribution in [0.5, 0.6) is 0 Å². The number of halogens is 1. The fraction of sp³-hybridized carbons (Fsp3) is 0.238. The van der Waals surface area contributed by atoms with Gasteiger partial charge in [-0.2, -0.15) is 0 Å². The van der Waals surface area contributed by atoms with Gasteiger partial charge in [0.1, 0.15) is 23.9 Å². The van der Waals surface area contributed by atoms with E-state index in [1.54, 1.807) is 6.07 Å². The molecular formula is C21H20FN3O3. The van der Waals surface area contributed by atoms with Crippen LogP contribution < -0.4 is 15.1 Å². The van der Waals surface area contributed by atoms with Gasteiger partial charge in [-0.05, 0) is 31.2 Å². The van der Waals surface area contributed by atoms with E-state index >= 15 is 0 Å². The summed E-state index contributed by atoms with van der Waals surface area (Å²) >= 11 is 0. The minimum atomic E-state index is -0.621. The van der Waals surface area contributed by atoms with E-state index in [4.69, 9.17) is 4.74 Å². The van der Waals surface area contributed by atoms with Crippen LogP contribution in [0.3, 0.4) is 0 Å². The summed E-state index contributed by atoms with van der Waals surface area (Å²) in [4.78, 5) is 29.5. The molecule has 0 atom stereocenters. The van der Waals surface area contributed by atoms with Crippen molar-refractivity contribution in [3.63, 3.8) is 0 Å². The van der Waals surface area contributed by atoms with Gasteiger partial charge in [-0.25, -0.2) is 4.39 Å². The largest absolute Gasteiger partial charge is 0.361 e. The predicted octanol–water partition coefficient (Wildman–Crippen LogP) is 3.27. The van der Waals surface area contributed by atoms with Crippen molar-refractivity contribution in [2.45, 2.75) is 13.3 Å². The Morgan fingerprint density at radius 3 is 2.61 bits per heavy atom. The van der Waals surface area contributed by atoms with Crippen LogP contribution in [0.25, 0.3) is 0 Å². The summed E-state index contributed by atoms with van der Waals surface area (Å²) in [5, 5.41) is 2.54. The number of nitrogens with one attached hydrogen (secondary N) is 1. The van der Waals surface area contributed by atoms with Gasteiger partial charge < -0.3 is 19.9 Å². The van der Waals surface area contributed by atoms with Crippen LogP contribution in [0.15, 0.2) is 59.9 Å². The first-order valence-electron chi connectivity index (χ1n) is 9.17. The maximum Gasteiger partial charge on any atom is 0.263 e. The molecule has 144 valence electrons. The number of hydrogen-bond donors (Lipinski definition) is 1. The highest BCUT2D eigenvalue weighted by molar-refractivity contribution is 6.25. The summed E-state index contributed by atoms with van der Waals surface area (Å²) in [7, 11) is 0. The number of hydrogen-bond acceptors (Lipinski definition) is 5. The van der Waals surface area contributed by atoms with Crippen LogP contribution in [0, 0.1) is 5.82 Å². The Morgan fingerprint density at radius 2 is 1.86 bits per heavy atom. The molecule has 0 unspecified atom stereocenters. The van der Waals surface area contributed by atoms with Crippen LogP contribution in [-0.2, 0) is 14.3 Å². The second-order valence-electron chi connectivity index (χ2n) is 6.50. The number of Topliss-reactive ketones (excluding diaryl/α,β-unsaturated/α-hetero) is 1. The van der Waals surface area contributed by atoms with Crippen molar-refractivity contribution in [3.8, 4) is 0 Å². The third-order valence-corrected chi connectivity index (χ3v) is 4.81. The van der Waals surface area contributed by atoms with Crippen molar-refractivity contribution in [2.24, 2.45) is 0 Å². The van der Waals surface area contributed by atoms with E-state index in [1.165, 1.54) is 18.2 Å². The average molecular weight is 381 g/mol. The zero-order valence-electron chi connectivity index (χ0n) is 15.4. The van der Waals surface area contributed by atoms with Gasteiger partial charge in [-0.1, -0.05) is 24.3 Å². The van der Waals surface area contributed by atoms with Gasteiger partial charge in [0, 0.05) is 19.6 Å². The Balaban J connectivity index is 1.78. The molecule has 4 rings (SSSR count). The third-order valence-electron chi connectivity index (χ3n) is 4.81. The molecule has 0 saturated heterocycles. The molecule has 0 aliphatic carbocycles. The first-order chi connectivity index (χ1) is 13.6. The number of ketones is 1. The first-order valence-corrected chi connectivity index (χ1v) is 9.17. The highest BCUT2D eigenvalue weighted by Crippen LogP contribution is 2.44. The lowest BCUT2D eigenvalue weighted by molar-refractivity contribution is -0.120. The summed E-state index contributed by atoms with van der Waals surface area (Å²) in [6.45, 7) is 3.07. The number of fused-ring (bicyclic) bond motifs is 3. The van der Waals surface area contributed by atoms with Gasteiger partial charge in [0.2, 0.25) is 0 Å². The quantitative estimate of drug-likeness (QED) is 0.806. The van der Waals surface area contributed by atoms with E-state index in [1.807, 2.05) is 41.0 Å². The van der Waals surface area contributed by atoms with Gasteiger partial charge in [-0.3, -0.25) is 9.59 Å². The molecule has 28 heavy (non-hydrogen) atoms. The first kappa shape index (κ1) is 18.2. The summed E-state index contributed by atoms with van der Waals surface area (Å²) in [5.41, 5.74) is 1.85. The fourth-order valence-corrected chi connectivity index (χ4v) is 3.54. The average Bonchev–Trinajstić information content (AvgIpc) is 3.01. The second-order valence-corrected chi connectivity index (χ2v) is 6.50. The number of carbonyl (C=O) groups excluding carboxylic acids is 2. The molecule has 2 aromatic rings. The predicted molar refractivity (Wildman–Crippen MR) is 104 cm³/mol. The Hall–Kier alpha value is -3.19. The molecule has 0 fully saturated rings. The summed E-state index contributed by atoms with van der Waals surface area (Å²) in [6.07, 6.45) is 0.209. The summed E-state index contributed by atoms with van der Waals surface area (Å²) in [6, 6.07) is 13.6. The lowest BCUT2D eigenvalue weighted by Crippen LogP contribution is -2.41. The van der Waals surface area contributed by atoms with E-state index in [-0.39, 0.29) is 30.2 Å². The van der Waals surface area contributed by atoms with Crippen molar-refractivity contribution < 1.29 is 18.7 Å². The molecule has 2 aliphatic rings. The number of benzene rings is 2. The van der Waals surface area contributed by atoms with Gasteiger partial charge in [0.15, 0.2) is 5.78 Å². The van der Waals surface area contributed by atoms with Crippen LogP contribution in [0.4, 0.5) is 21.5 Å². The van der Waals surface area contributed by atoms with Crippen LogP contribution in [0.1, 0.15) is 13.3 Å². The normalized spacial score (nSPS) is 15.6. The van der Waals surface area contributed by atoms with Gasteiger partial charge in [0.25, 0.3) is 5.91 Å². The molecule has 1 amide bonds. The molecule has 2 heterocycles. The topological polar surface area (TPSA) is 61.9 Å². The highest BCUT2D eigenvalue weighted by Gasteiger charge is 2.41. The molecule has 6 nitrogen and oxygen atoms in total. The maximum absolute atomic E-state index is 14.0. The minimum absolute atomic E-state index is 0.0189. The standard InChI is InChI=1S/C21H20FN3O3/c1-2-28-13-25-17-10-6-5-9-16(17)24-12-11-18(26)19(21(24)25)20(27)23-15-8-4-3-7-14(15)22/h3-10H,2,11-13H2,1H3,(H,23,27). The fourth-order valence-electron chi connectivity index (χ4n) is 3.54. The molecule has 0 spiro atoms. The number of para-hydroxylation sites is 3. The molecule has 2 aliphatic heterocycles. The Kier molecular flexibility index (Phi) is 4.83. The lowest BCUT2D eigenvalue weighted by Gasteiger charge is -2.30. The van der Waals surface area contributed by atoms with Crippen molar-refractivity contribution in [1.29, 1.82) is 0 Å². The number of ether oxygens (including phenoxy) is 1. The Morgan fingerprint density at radius 1 is 1.14 bits per heavy atom. The van der Waals surface area contributed by atoms with E-state index < -0.39 is 11.7 Å². The van der Waals surface area contributed by atoms with E-state index in [0.717, 1.165) is 11.4 Å². The summed E-state index contributed by atoms with van der Waals surface area (Å²) in [5.74, 6) is -0.958. The lowest BCUT2D eigenvalue weighted by atomic mass is 10.0. The zero-order chi connectivity index (χ0) is 19.7. The molecule has 2 aromatic carbocycles. The molecule has 7 heteroatoms. The van der Waals surface area contributed by atoms with Crippen molar-refractivity contribution in [2.75, 3.05) is 35.0 Å². The Labute approximate surface area is 162 Å². The summed E-state index contributed by atoms with van der Waals surface area (Å²) < 4.78 is 19.6. The van der Waals surface area contributed by atoms with Gasteiger partial charge >= 0.3 is 0 Å². The van der Waals surface area contributed by atoms with E-state index in [9.17, 15) is 14.0 Å². The Bertz CT molecular complexity index is 973. The maximum atomic E-state index is 14.0. The minimum Gasteiger partial charge on any atom is -0.361 e. The number of carbonyl (C=O) groups is 2. The number of amides is 1. The van der Waals surface area contributed by atoms with Gasteiger partial charge in [0.05, 0.1) is 17.1 Å². The van der Waals surface area contributed by atoms with Crippen LogP contribution in [-0.4, -0.2) is 31.6 Å². The smallest absolute Gasteiger partial charge is 0.263 e. The van der Waals surface area contributed by atoms with Crippen molar-refractivity contribution in [3.05, 3.63) is 65.7 Å². The number of nitrogens with zero attached hydrogens (tertiary/aromatic N) is 2. The molecule has 0 bridgehead atoms. The molecule has 0 saturated carbocycles. The van der Waals surface area contributed by atoms with Crippen LogP contribution >= 0.6 is 0 Å². The monoisotopic (exact) mass is 381 g/mol. The van der Waals surface area contributed by atoms with E-state index in [0.29, 0.717) is 19.0 Å². The van der Waals surface area contributed by atoms with Gasteiger partial charge in [-0.15, -0.1) is 0 Å². The molecule has 1 N–H and O–H groups in total. The number of anilines is 3. The zero-order valence-corrected chi connectivity index (χ0v) is 15.4. The van der Waals surface area contributed by atoms with Crippen LogP contribution in [0.2, 0.25) is 0 Å². The molecular weight excluding hydrogens is 361 g/mol. The third kappa shape index (κ3) is 3.03. The molecule has 0 radical (unpaired) electrons. The molecule has 0 aromatic heterocycles. The number of rotatable bonds is 5. The SMILES string of the molecule is CCOCN1C2=C(C(=O)Nc3ccccc3F)C(=O)CCN2c2ccccc21. The highest BCUT2D eigenvalue weighted by atomic mass is 19.1. The van der Waals surface area contributed by atoms with Crippen molar-refractivity contribution in [1.82, 2.24) is 0 Å². The second kappa shape index (κ2) is 7.44.